The molecule has 1 aromatic heterocycles. The van der Waals surface area contributed by atoms with Crippen LogP contribution in [0.2, 0.25) is 0 Å². The van der Waals surface area contributed by atoms with Crippen LogP contribution in [0.15, 0.2) is 12.4 Å². The fourth-order valence-electron chi connectivity index (χ4n) is 1.98. The number of nitrogens with zero attached hydrogens (tertiary/aromatic N) is 2. The average molecular weight is 310 g/mol. The summed E-state index contributed by atoms with van der Waals surface area (Å²) in [7, 11) is 0. The maximum atomic E-state index is 11.8. The first kappa shape index (κ1) is 18.5. The van der Waals surface area contributed by atoms with Crippen LogP contribution in [-0.4, -0.2) is 34.1 Å². The second kappa shape index (κ2) is 8.17. The highest BCUT2D eigenvalue weighted by Gasteiger charge is 2.19. The van der Waals surface area contributed by atoms with E-state index in [1.165, 1.54) is 0 Å². The zero-order valence-electron chi connectivity index (χ0n) is 14.6. The number of nitrogens with one attached hydrogen (secondary N) is 2. The molecule has 0 saturated heterocycles. The first-order valence-electron chi connectivity index (χ1n) is 8.00. The first-order valence-corrected chi connectivity index (χ1v) is 8.00. The molecule has 126 valence electrons. The number of rotatable bonds is 7. The van der Waals surface area contributed by atoms with Crippen molar-refractivity contribution in [2.75, 3.05) is 6.54 Å². The highest BCUT2D eigenvalue weighted by Crippen LogP contribution is 2.11. The molecule has 2 N–H and O–H groups in total. The fourth-order valence-corrected chi connectivity index (χ4v) is 1.98. The normalized spacial score (nSPS) is 14.5. The van der Waals surface area contributed by atoms with Gasteiger partial charge in [0.1, 0.15) is 5.60 Å². The lowest BCUT2D eigenvalue weighted by molar-refractivity contribution is 0.0502. The van der Waals surface area contributed by atoms with Crippen molar-refractivity contribution in [3.05, 3.63) is 18.0 Å². The van der Waals surface area contributed by atoms with E-state index in [4.69, 9.17) is 4.74 Å². The van der Waals surface area contributed by atoms with Crippen LogP contribution in [0.1, 0.15) is 59.6 Å². The lowest BCUT2D eigenvalue weighted by Gasteiger charge is -2.24. The number of amides is 1. The summed E-state index contributed by atoms with van der Waals surface area (Å²) in [5.41, 5.74) is 0.673. The van der Waals surface area contributed by atoms with E-state index < -0.39 is 5.60 Å². The van der Waals surface area contributed by atoms with Crippen molar-refractivity contribution in [3.8, 4) is 0 Å². The van der Waals surface area contributed by atoms with Crippen molar-refractivity contribution in [1.29, 1.82) is 0 Å². The summed E-state index contributed by atoms with van der Waals surface area (Å²) in [6, 6.07) is 0.230. The van der Waals surface area contributed by atoms with Gasteiger partial charge in [0, 0.05) is 36.9 Å². The SMILES string of the molecule is CCC(CNC(C)c1cnn(CC)c1)NC(=O)OC(C)(C)C. The van der Waals surface area contributed by atoms with Crippen LogP contribution < -0.4 is 10.6 Å². The number of carbonyl (C=O) groups excluding carboxylic acids is 1. The number of aromatic nitrogens is 2. The number of ether oxygens (including phenoxy) is 1. The summed E-state index contributed by atoms with van der Waals surface area (Å²) in [5, 5.41) is 10.6. The molecule has 0 aliphatic rings. The van der Waals surface area contributed by atoms with Gasteiger partial charge in [-0.15, -0.1) is 0 Å². The fraction of sp³-hybridized carbons (Fsp3) is 0.750. The van der Waals surface area contributed by atoms with E-state index in [2.05, 4.69) is 29.6 Å². The Morgan fingerprint density at radius 3 is 2.59 bits per heavy atom. The molecule has 2 atom stereocenters. The monoisotopic (exact) mass is 310 g/mol. The third-order valence-electron chi connectivity index (χ3n) is 3.36. The molecule has 0 aromatic carbocycles. The molecule has 1 aromatic rings. The topological polar surface area (TPSA) is 68.2 Å². The van der Waals surface area contributed by atoms with Gasteiger partial charge >= 0.3 is 6.09 Å². The van der Waals surface area contributed by atoms with Crippen molar-refractivity contribution in [2.24, 2.45) is 0 Å². The van der Waals surface area contributed by atoms with E-state index >= 15 is 0 Å². The lowest BCUT2D eigenvalue weighted by Crippen LogP contribution is -2.44. The van der Waals surface area contributed by atoms with Crippen molar-refractivity contribution in [1.82, 2.24) is 20.4 Å². The summed E-state index contributed by atoms with van der Waals surface area (Å²) >= 11 is 0. The Kier molecular flexibility index (Phi) is 6.87. The van der Waals surface area contributed by atoms with Crippen LogP contribution in [0.25, 0.3) is 0 Å². The maximum absolute atomic E-state index is 11.8. The Morgan fingerprint density at radius 2 is 2.09 bits per heavy atom. The molecule has 6 heteroatoms. The molecule has 0 saturated carbocycles. The summed E-state index contributed by atoms with van der Waals surface area (Å²) in [6.07, 6.45) is 4.39. The second-order valence-electron chi connectivity index (χ2n) is 6.51. The smallest absolute Gasteiger partial charge is 0.407 e. The van der Waals surface area contributed by atoms with Crippen molar-refractivity contribution < 1.29 is 9.53 Å². The molecule has 0 aliphatic carbocycles. The van der Waals surface area contributed by atoms with E-state index in [1.54, 1.807) is 0 Å². The first-order chi connectivity index (χ1) is 10.2. The van der Waals surface area contributed by atoms with E-state index in [0.29, 0.717) is 6.54 Å². The molecule has 0 bridgehead atoms. The predicted molar refractivity (Wildman–Crippen MR) is 87.8 cm³/mol. The molecular weight excluding hydrogens is 280 g/mol. The van der Waals surface area contributed by atoms with Crippen molar-refractivity contribution in [3.63, 3.8) is 0 Å². The van der Waals surface area contributed by atoms with Crippen LogP contribution in [0.3, 0.4) is 0 Å². The molecule has 6 nitrogen and oxygen atoms in total. The predicted octanol–water partition coefficient (Wildman–Crippen LogP) is 2.86. The third-order valence-corrected chi connectivity index (χ3v) is 3.36. The largest absolute Gasteiger partial charge is 0.444 e. The quantitative estimate of drug-likeness (QED) is 0.812. The van der Waals surface area contributed by atoms with Gasteiger partial charge < -0.3 is 15.4 Å². The van der Waals surface area contributed by atoms with Crippen molar-refractivity contribution >= 4 is 6.09 Å². The van der Waals surface area contributed by atoms with Gasteiger partial charge in [-0.2, -0.15) is 5.10 Å². The van der Waals surface area contributed by atoms with Crippen LogP contribution in [0.5, 0.6) is 0 Å². The molecule has 0 fully saturated rings. The van der Waals surface area contributed by atoms with E-state index in [9.17, 15) is 4.79 Å². The van der Waals surface area contributed by atoms with Gasteiger partial charge in [0.2, 0.25) is 0 Å². The minimum absolute atomic E-state index is 0.0403. The summed E-state index contributed by atoms with van der Waals surface area (Å²) in [5.74, 6) is 0. The standard InChI is InChI=1S/C16H30N4O2/c1-7-14(19-15(21)22-16(4,5)6)10-17-12(3)13-9-18-20(8-2)11-13/h9,11-12,14,17H,7-8,10H2,1-6H3,(H,19,21). The highest BCUT2D eigenvalue weighted by molar-refractivity contribution is 5.68. The molecule has 1 heterocycles. The van der Waals surface area contributed by atoms with Gasteiger partial charge in [-0.3, -0.25) is 4.68 Å². The van der Waals surface area contributed by atoms with Gasteiger partial charge in [-0.1, -0.05) is 6.92 Å². The van der Waals surface area contributed by atoms with E-state index in [0.717, 1.165) is 18.5 Å². The maximum Gasteiger partial charge on any atom is 0.407 e. The number of alkyl carbamates (subject to hydrolysis) is 1. The van der Waals surface area contributed by atoms with Gasteiger partial charge in [-0.05, 0) is 41.0 Å². The zero-order valence-corrected chi connectivity index (χ0v) is 14.6. The lowest BCUT2D eigenvalue weighted by atomic mass is 10.1. The molecule has 2 unspecified atom stereocenters. The van der Waals surface area contributed by atoms with E-state index in [1.807, 2.05) is 44.8 Å². The minimum Gasteiger partial charge on any atom is -0.444 e. The molecular formula is C16H30N4O2. The van der Waals surface area contributed by atoms with Crippen molar-refractivity contribution in [2.45, 2.75) is 72.2 Å². The number of aryl methyl sites for hydroxylation is 1. The van der Waals surface area contributed by atoms with Gasteiger partial charge in [-0.25, -0.2) is 4.79 Å². The van der Waals surface area contributed by atoms with Crippen LogP contribution in [0.4, 0.5) is 4.79 Å². The summed E-state index contributed by atoms with van der Waals surface area (Å²) in [4.78, 5) is 11.8. The van der Waals surface area contributed by atoms with Gasteiger partial charge in [0.15, 0.2) is 0 Å². The number of hydrogen-bond donors (Lipinski definition) is 2. The highest BCUT2D eigenvalue weighted by atomic mass is 16.6. The number of carbonyl (C=O) groups is 1. The third kappa shape index (κ3) is 6.47. The number of hydrogen-bond acceptors (Lipinski definition) is 4. The van der Waals surface area contributed by atoms with Gasteiger partial charge in [0.25, 0.3) is 0 Å². The summed E-state index contributed by atoms with van der Waals surface area (Å²) in [6.45, 7) is 13.3. The van der Waals surface area contributed by atoms with E-state index in [-0.39, 0.29) is 18.2 Å². The Hall–Kier alpha value is -1.56. The molecule has 0 radical (unpaired) electrons. The molecule has 1 amide bonds. The molecule has 0 spiro atoms. The van der Waals surface area contributed by atoms with Crippen LogP contribution in [-0.2, 0) is 11.3 Å². The Balaban J connectivity index is 2.44. The molecule has 0 aliphatic heterocycles. The second-order valence-corrected chi connectivity index (χ2v) is 6.51. The van der Waals surface area contributed by atoms with Gasteiger partial charge in [0.05, 0.1) is 6.20 Å². The molecule has 1 rings (SSSR count). The Bertz CT molecular complexity index is 465. The van der Waals surface area contributed by atoms with Crippen LogP contribution >= 0.6 is 0 Å². The minimum atomic E-state index is -0.474. The molecule has 22 heavy (non-hydrogen) atoms. The summed E-state index contributed by atoms with van der Waals surface area (Å²) < 4.78 is 7.19. The Labute approximate surface area is 133 Å². The average Bonchev–Trinajstić information content (AvgIpc) is 2.89. The zero-order chi connectivity index (χ0) is 16.8. The Morgan fingerprint density at radius 1 is 1.41 bits per heavy atom. The van der Waals surface area contributed by atoms with Crippen LogP contribution in [0, 0.1) is 0 Å².